The van der Waals surface area contributed by atoms with Crippen molar-refractivity contribution in [1.82, 2.24) is 0 Å². The van der Waals surface area contributed by atoms with Crippen LogP contribution < -0.4 is 4.74 Å². The number of ether oxygens (including phenoxy) is 3. The van der Waals surface area contributed by atoms with Crippen LogP contribution in [0.25, 0.3) is 0 Å². The number of unbranched alkanes of at least 4 members (excludes halogenated alkanes) is 1. The van der Waals surface area contributed by atoms with Crippen molar-refractivity contribution in [3.8, 4) is 5.75 Å². The molecule has 3 atom stereocenters. The number of methoxy groups -OCH3 is 1. The summed E-state index contributed by atoms with van der Waals surface area (Å²) in [6, 6.07) is 11.0. The van der Waals surface area contributed by atoms with Gasteiger partial charge < -0.3 is 14.2 Å². The predicted octanol–water partition coefficient (Wildman–Crippen LogP) is 6.28. The summed E-state index contributed by atoms with van der Waals surface area (Å²) in [6.45, 7) is 13.2. The first-order valence-corrected chi connectivity index (χ1v) is 14.4. The standard InChI is InChI=1S/C29H39NO7S/c1-7-10-11-24(29(36-21(4)8-2)37-22(5)9-3)20-38(33,34)28-17-14-26(30(31)32)19-25(28)18-23-12-15-27(35-6)16-13-23/h8-9,12-17,19,21-22,24,29H,2-3,7,10-11,18,20H2,1,4-6H3. The third-order valence-electron chi connectivity index (χ3n) is 6.25. The number of hydrogen-bond donors (Lipinski definition) is 0. The summed E-state index contributed by atoms with van der Waals surface area (Å²) in [5.41, 5.74) is 0.990. The van der Waals surface area contributed by atoms with Crippen molar-refractivity contribution in [3.63, 3.8) is 0 Å². The summed E-state index contributed by atoms with van der Waals surface area (Å²) in [4.78, 5) is 11.0. The SMILES string of the molecule is C=CC(C)OC(OC(C)C=C)C(CCCC)CS(=O)(=O)c1ccc([N+](=O)[O-])cc1Cc1ccc(OC)cc1. The largest absolute Gasteiger partial charge is 0.497 e. The maximum atomic E-state index is 13.9. The first-order chi connectivity index (χ1) is 18.0. The molecule has 0 amide bonds. The van der Waals surface area contributed by atoms with Crippen LogP contribution in [0.15, 0.2) is 72.7 Å². The maximum Gasteiger partial charge on any atom is 0.269 e. The van der Waals surface area contributed by atoms with Crippen LogP contribution in [0.3, 0.4) is 0 Å². The summed E-state index contributed by atoms with van der Waals surface area (Å²) in [5, 5.41) is 11.5. The lowest BCUT2D eigenvalue weighted by atomic mass is 10.0. The molecule has 2 aromatic carbocycles. The molecule has 3 unspecified atom stereocenters. The van der Waals surface area contributed by atoms with Gasteiger partial charge in [0.15, 0.2) is 16.1 Å². The molecular formula is C29H39NO7S. The van der Waals surface area contributed by atoms with E-state index in [0.29, 0.717) is 17.7 Å². The van der Waals surface area contributed by atoms with Gasteiger partial charge in [0, 0.05) is 18.1 Å². The van der Waals surface area contributed by atoms with E-state index in [9.17, 15) is 18.5 Å². The van der Waals surface area contributed by atoms with E-state index in [1.165, 1.54) is 18.2 Å². The van der Waals surface area contributed by atoms with Crippen LogP contribution in [-0.2, 0) is 25.7 Å². The smallest absolute Gasteiger partial charge is 0.269 e. The fourth-order valence-electron chi connectivity index (χ4n) is 4.01. The summed E-state index contributed by atoms with van der Waals surface area (Å²) >= 11 is 0. The highest BCUT2D eigenvalue weighted by molar-refractivity contribution is 7.91. The Hall–Kier alpha value is -3.01. The zero-order valence-electron chi connectivity index (χ0n) is 22.7. The van der Waals surface area contributed by atoms with Gasteiger partial charge in [-0.1, -0.05) is 44.1 Å². The summed E-state index contributed by atoms with van der Waals surface area (Å²) < 4.78 is 45.1. The number of nitro benzene ring substituents is 1. The Morgan fingerprint density at radius 1 is 1.03 bits per heavy atom. The van der Waals surface area contributed by atoms with Crippen molar-refractivity contribution in [2.24, 2.45) is 5.92 Å². The normalized spacial score (nSPS) is 14.7. The number of nitrogens with zero attached hydrogens (tertiary/aromatic N) is 1. The lowest BCUT2D eigenvalue weighted by Crippen LogP contribution is -2.36. The minimum absolute atomic E-state index is 0.0627. The van der Waals surface area contributed by atoms with Crippen molar-refractivity contribution < 1.29 is 27.6 Å². The first-order valence-electron chi connectivity index (χ1n) is 12.7. The second kappa shape index (κ2) is 14.8. The fraction of sp³-hybridized carbons (Fsp3) is 0.448. The molecule has 2 aromatic rings. The molecule has 0 spiro atoms. The molecule has 38 heavy (non-hydrogen) atoms. The van der Waals surface area contributed by atoms with E-state index in [1.807, 2.05) is 32.9 Å². The van der Waals surface area contributed by atoms with Crippen LogP contribution in [0.4, 0.5) is 5.69 Å². The van der Waals surface area contributed by atoms with Crippen LogP contribution in [0.5, 0.6) is 5.75 Å². The van der Waals surface area contributed by atoms with E-state index in [4.69, 9.17) is 14.2 Å². The van der Waals surface area contributed by atoms with Gasteiger partial charge >= 0.3 is 0 Å². The molecule has 0 aliphatic carbocycles. The molecule has 0 saturated carbocycles. The number of benzene rings is 2. The van der Waals surface area contributed by atoms with Crippen LogP contribution >= 0.6 is 0 Å². The Balaban J connectivity index is 2.50. The number of rotatable bonds is 17. The second-order valence-electron chi connectivity index (χ2n) is 9.28. The van der Waals surface area contributed by atoms with Gasteiger partial charge in [-0.05, 0) is 56.0 Å². The molecule has 0 heterocycles. The van der Waals surface area contributed by atoms with E-state index in [1.54, 1.807) is 31.4 Å². The first kappa shape index (κ1) is 31.2. The molecular weight excluding hydrogens is 506 g/mol. The molecule has 0 aliphatic heterocycles. The average Bonchev–Trinajstić information content (AvgIpc) is 2.90. The van der Waals surface area contributed by atoms with Gasteiger partial charge in [0.2, 0.25) is 0 Å². The van der Waals surface area contributed by atoms with Crippen molar-refractivity contribution in [2.45, 2.75) is 69.8 Å². The molecule has 8 nitrogen and oxygen atoms in total. The molecule has 0 N–H and O–H groups in total. The van der Waals surface area contributed by atoms with Gasteiger partial charge in [0.05, 0.1) is 34.9 Å². The molecule has 208 valence electrons. The van der Waals surface area contributed by atoms with E-state index in [0.717, 1.165) is 18.4 Å². The highest BCUT2D eigenvalue weighted by Crippen LogP contribution is 2.30. The fourth-order valence-corrected chi connectivity index (χ4v) is 5.88. The number of hydrogen-bond acceptors (Lipinski definition) is 7. The van der Waals surface area contributed by atoms with Crippen LogP contribution in [0.2, 0.25) is 0 Å². The molecule has 0 fully saturated rings. The number of nitro groups is 1. The highest BCUT2D eigenvalue weighted by Gasteiger charge is 2.32. The van der Waals surface area contributed by atoms with Crippen LogP contribution in [-0.4, -0.2) is 44.7 Å². The van der Waals surface area contributed by atoms with Gasteiger partial charge in [-0.15, -0.1) is 13.2 Å². The molecule has 9 heteroatoms. The Morgan fingerprint density at radius 3 is 2.13 bits per heavy atom. The van der Waals surface area contributed by atoms with Crippen LogP contribution in [0, 0.1) is 16.0 Å². The number of sulfone groups is 1. The van der Waals surface area contributed by atoms with Gasteiger partial charge in [-0.25, -0.2) is 8.42 Å². The minimum Gasteiger partial charge on any atom is -0.497 e. The molecule has 0 radical (unpaired) electrons. The molecule has 2 rings (SSSR count). The molecule has 0 aliphatic rings. The van der Waals surface area contributed by atoms with E-state index in [-0.39, 0.29) is 35.0 Å². The van der Waals surface area contributed by atoms with Gasteiger partial charge in [0.1, 0.15) is 5.75 Å². The zero-order chi connectivity index (χ0) is 28.3. The second-order valence-corrected chi connectivity index (χ2v) is 11.3. The predicted molar refractivity (Wildman–Crippen MR) is 149 cm³/mol. The van der Waals surface area contributed by atoms with Gasteiger partial charge in [-0.3, -0.25) is 10.1 Å². The van der Waals surface area contributed by atoms with E-state index >= 15 is 0 Å². The Morgan fingerprint density at radius 2 is 1.63 bits per heavy atom. The highest BCUT2D eigenvalue weighted by atomic mass is 32.2. The lowest BCUT2D eigenvalue weighted by molar-refractivity contribution is -0.385. The Kier molecular flexibility index (Phi) is 12.2. The third-order valence-corrected chi connectivity index (χ3v) is 8.19. The zero-order valence-corrected chi connectivity index (χ0v) is 23.5. The van der Waals surface area contributed by atoms with Crippen molar-refractivity contribution >= 4 is 15.5 Å². The van der Waals surface area contributed by atoms with Gasteiger partial charge in [-0.2, -0.15) is 0 Å². The average molecular weight is 546 g/mol. The Labute approximate surface area is 226 Å². The number of non-ortho nitro benzene ring substituents is 1. The molecule has 0 bridgehead atoms. The van der Waals surface area contributed by atoms with E-state index in [2.05, 4.69) is 13.2 Å². The molecule has 0 aromatic heterocycles. The van der Waals surface area contributed by atoms with Gasteiger partial charge in [0.25, 0.3) is 5.69 Å². The third kappa shape index (κ3) is 9.08. The Bertz CT molecular complexity index is 1160. The van der Waals surface area contributed by atoms with Crippen LogP contribution in [0.1, 0.15) is 51.2 Å². The summed E-state index contributed by atoms with van der Waals surface area (Å²) in [6.07, 6.45) is 4.17. The lowest BCUT2D eigenvalue weighted by Gasteiger charge is -2.31. The summed E-state index contributed by atoms with van der Waals surface area (Å²) in [5.74, 6) is -0.0551. The van der Waals surface area contributed by atoms with Crippen molar-refractivity contribution in [2.75, 3.05) is 12.9 Å². The monoisotopic (exact) mass is 545 g/mol. The molecule has 0 saturated heterocycles. The summed E-state index contributed by atoms with van der Waals surface area (Å²) in [7, 11) is -2.33. The van der Waals surface area contributed by atoms with Crippen molar-refractivity contribution in [3.05, 3.63) is 89.0 Å². The minimum atomic E-state index is -3.88. The maximum absolute atomic E-state index is 13.9. The topological polar surface area (TPSA) is 105 Å². The van der Waals surface area contributed by atoms with Crippen molar-refractivity contribution in [1.29, 1.82) is 0 Å². The van der Waals surface area contributed by atoms with E-state index < -0.39 is 27.0 Å². The quantitative estimate of drug-likeness (QED) is 0.0996.